The molecular weight excluding hydrogens is 242 g/mol. The van der Waals surface area contributed by atoms with Gasteiger partial charge in [-0.2, -0.15) is 0 Å². The summed E-state index contributed by atoms with van der Waals surface area (Å²) >= 11 is 0. The van der Waals surface area contributed by atoms with E-state index >= 15 is 0 Å². The van der Waals surface area contributed by atoms with Gasteiger partial charge in [0.25, 0.3) is 0 Å². The van der Waals surface area contributed by atoms with Gasteiger partial charge < -0.3 is 19.5 Å². The number of fused-ring (bicyclic) bond motifs is 1. The third-order valence-electron chi connectivity index (χ3n) is 3.66. The molecule has 2 aliphatic heterocycles. The van der Waals surface area contributed by atoms with E-state index in [9.17, 15) is 0 Å². The predicted molar refractivity (Wildman–Crippen MR) is 72.8 cm³/mol. The molecule has 1 N–H and O–H groups in total. The summed E-state index contributed by atoms with van der Waals surface area (Å²) in [4.78, 5) is 0. The predicted octanol–water partition coefficient (Wildman–Crippen LogP) is 2.29. The topological polar surface area (TPSA) is 39.7 Å². The Morgan fingerprint density at radius 1 is 1.16 bits per heavy atom. The van der Waals surface area contributed by atoms with E-state index in [1.807, 2.05) is 6.07 Å². The van der Waals surface area contributed by atoms with Crippen molar-refractivity contribution in [2.75, 3.05) is 26.3 Å². The average molecular weight is 263 g/mol. The monoisotopic (exact) mass is 263 g/mol. The first kappa shape index (κ1) is 12.8. The van der Waals surface area contributed by atoms with Crippen LogP contribution >= 0.6 is 0 Å². The quantitative estimate of drug-likeness (QED) is 0.888. The molecule has 104 valence electrons. The van der Waals surface area contributed by atoms with Crippen molar-refractivity contribution in [3.05, 3.63) is 23.8 Å². The fourth-order valence-electron chi connectivity index (χ4n) is 2.52. The molecule has 0 saturated carbocycles. The molecule has 1 aromatic rings. The van der Waals surface area contributed by atoms with E-state index in [1.165, 1.54) is 0 Å². The van der Waals surface area contributed by atoms with Crippen molar-refractivity contribution in [1.29, 1.82) is 0 Å². The van der Waals surface area contributed by atoms with Crippen molar-refractivity contribution in [3.8, 4) is 11.5 Å². The number of benzene rings is 1. The zero-order valence-corrected chi connectivity index (χ0v) is 11.4. The normalized spacial score (nSPS) is 26.8. The molecule has 4 nitrogen and oxygen atoms in total. The fourth-order valence-corrected chi connectivity index (χ4v) is 2.52. The lowest BCUT2D eigenvalue weighted by Gasteiger charge is -2.30. The summed E-state index contributed by atoms with van der Waals surface area (Å²) in [6, 6.07) is 6.14. The summed E-state index contributed by atoms with van der Waals surface area (Å²) < 4.78 is 17.5. The van der Waals surface area contributed by atoms with E-state index in [0.717, 1.165) is 56.2 Å². The van der Waals surface area contributed by atoms with Crippen molar-refractivity contribution in [2.45, 2.75) is 32.0 Å². The third kappa shape index (κ3) is 2.85. The van der Waals surface area contributed by atoms with Crippen molar-refractivity contribution < 1.29 is 14.2 Å². The van der Waals surface area contributed by atoms with Crippen molar-refractivity contribution in [2.24, 2.45) is 0 Å². The Hall–Kier alpha value is -1.26. The van der Waals surface area contributed by atoms with Crippen molar-refractivity contribution in [3.63, 3.8) is 0 Å². The van der Waals surface area contributed by atoms with Crippen LogP contribution in [0.15, 0.2) is 18.2 Å². The first-order valence-corrected chi connectivity index (χ1v) is 7.12. The number of hydrogen-bond donors (Lipinski definition) is 1. The van der Waals surface area contributed by atoms with Gasteiger partial charge in [-0.15, -0.1) is 0 Å². The molecule has 0 aromatic heterocycles. The van der Waals surface area contributed by atoms with Gasteiger partial charge in [0.05, 0.1) is 25.4 Å². The zero-order valence-electron chi connectivity index (χ0n) is 11.4. The second kappa shape index (κ2) is 5.80. The van der Waals surface area contributed by atoms with Crippen LogP contribution in [0.2, 0.25) is 0 Å². The molecule has 3 rings (SSSR count). The van der Waals surface area contributed by atoms with Gasteiger partial charge in [0, 0.05) is 19.5 Å². The van der Waals surface area contributed by atoms with Crippen LogP contribution in [-0.2, 0) is 4.74 Å². The molecule has 1 fully saturated rings. The second-order valence-electron chi connectivity index (χ2n) is 5.07. The summed E-state index contributed by atoms with van der Waals surface area (Å²) in [6.07, 6.45) is 2.38. The Morgan fingerprint density at radius 3 is 2.84 bits per heavy atom. The molecule has 2 atom stereocenters. The van der Waals surface area contributed by atoms with Crippen LogP contribution in [0.1, 0.15) is 31.4 Å². The number of ether oxygens (including phenoxy) is 3. The SMILES string of the molecule is CCC1CNCC(c2ccc3c(c2)OCCCO3)O1. The first-order valence-electron chi connectivity index (χ1n) is 7.12. The third-order valence-corrected chi connectivity index (χ3v) is 3.66. The smallest absolute Gasteiger partial charge is 0.161 e. The van der Waals surface area contributed by atoms with Gasteiger partial charge in [0.1, 0.15) is 0 Å². The standard InChI is InChI=1S/C15H21NO3/c1-2-12-9-16-10-15(19-12)11-4-5-13-14(8-11)18-7-3-6-17-13/h4-5,8,12,15-16H,2-3,6-7,9-10H2,1H3. The lowest BCUT2D eigenvalue weighted by atomic mass is 10.1. The molecule has 0 amide bonds. The van der Waals surface area contributed by atoms with E-state index in [1.54, 1.807) is 0 Å². The summed E-state index contributed by atoms with van der Waals surface area (Å²) in [6.45, 7) is 5.40. The second-order valence-corrected chi connectivity index (χ2v) is 5.07. The maximum atomic E-state index is 6.09. The largest absolute Gasteiger partial charge is 0.490 e. The number of hydrogen-bond acceptors (Lipinski definition) is 4. The highest BCUT2D eigenvalue weighted by atomic mass is 16.5. The van der Waals surface area contributed by atoms with E-state index in [-0.39, 0.29) is 6.10 Å². The Kier molecular flexibility index (Phi) is 3.89. The van der Waals surface area contributed by atoms with Crippen molar-refractivity contribution >= 4 is 0 Å². The maximum absolute atomic E-state index is 6.09. The Labute approximate surface area is 114 Å². The first-order chi connectivity index (χ1) is 9.36. The molecule has 2 aliphatic rings. The van der Waals surface area contributed by atoms with Crippen LogP contribution in [-0.4, -0.2) is 32.4 Å². The fraction of sp³-hybridized carbons (Fsp3) is 0.600. The summed E-state index contributed by atoms with van der Waals surface area (Å²) in [5, 5.41) is 3.43. The average Bonchev–Trinajstić information content (AvgIpc) is 2.71. The molecule has 0 aliphatic carbocycles. The van der Waals surface area contributed by atoms with Gasteiger partial charge in [-0.05, 0) is 24.1 Å². The number of rotatable bonds is 2. The molecule has 4 heteroatoms. The Morgan fingerprint density at radius 2 is 2.00 bits per heavy atom. The van der Waals surface area contributed by atoms with E-state index in [4.69, 9.17) is 14.2 Å². The molecule has 2 unspecified atom stereocenters. The van der Waals surface area contributed by atoms with Crippen molar-refractivity contribution in [1.82, 2.24) is 5.32 Å². The van der Waals surface area contributed by atoms with Gasteiger partial charge in [-0.25, -0.2) is 0 Å². The highest BCUT2D eigenvalue weighted by Gasteiger charge is 2.23. The maximum Gasteiger partial charge on any atom is 0.161 e. The number of morpholine rings is 1. The summed E-state index contributed by atoms with van der Waals surface area (Å²) in [5.41, 5.74) is 1.16. The van der Waals surface area contributed by atoms with Gasteiger partial charge in [0.15, 0.2) is 11.5 Å². The Balaban J connectivity index is 1.79. The van der Waals surface area contributed by atoms with Crippen LogP contribution in [0.25, 0.3) is 0 Å². The molecular formula is C15H21NO3. The minimum atomic E-state index is 0.107. The van der Waals surface area contributed by atoms with E-state index in [0.29, 0.717) is 6.10 Å². The Bertz CT molecular complexity index is 435. The zero-order chi connectivity index (χ0) is 13.1. The molecule has 0 spiro atoms. The van der Waals surface area contributed by atoms with Gasteiger partial charge in [0.2, 0.25) is 0 Å². The highest BCUT2D eigenvalue weighted by Crippen LogP contribution is 2.34. The minimum Gasteiger partial charge on any atom is -0.490 e. The molecule has 19 heavy (non-hydrogen) atoms. The summed E-state index contributed by atoms with van der Waals surface area (Å²) in [7, 11) is 0. The van der Waals surface area contributed by atoms with E-state index in [2.05, 4.69) is 24.4 Å². The lowest BCUT2D eigenvalue weighted by Crippen LogP contribution is -2.40. The number of nitrogens with one attached hydrogen (secondary N) is 1. The lowest BCUT2D eigenvalue weighted by molar-refractivity contribution is -0.0400. The van der Waals surface area contributed by atoms with Gasteiger partial charge in [-0.1, -0.05) is 13.0 Å². The molecule has 1 aromatic carbocycles. The molecule has 1 saturated heterocycles. The molecule has 2 heterocycles. The van der Waals surface area contributed by atoms with Gasteiger partial charge in [-0.3, -0.25) is 0 Å². The highest BCUT2D eigenvalue weighted by molar-refractivity contribution is 5.44. The van der Waals surface area contributed by atoms with Crippen LogP contribution in [0, 0.1) is 0 Å². The minimum absolute atomic E-state index is 0.107. The van der Waals surface area contributed by atoms with Gasteiger partial charge >= 0.3 is 0 Å². The van der Waals surface area contributed by atoms with Crippen LogP contribution in [0.5, 0.6) is 11.5 Å². The van der Waals surface area contributed by atoms with E-state index < -0.39 is 0 Å². The molecule has 0 radical (unpaired) electrons. The van der Waals surface area contributed by atoms with Crippen LogP contribution in [0.4, 0.5) is 0 Å². The van der Waals surface area contributed by atoms with Crippen LogP contribution in [0.3, 0.4) is 0 Å². The summed E-state index contributed by atoms with van der Waals surface area (Å²) in [5.74, 6) is 1.69. The molecule has 0 bridgehead atoms. The van der Waals surface area contributed by atoms with Crippen LogP contribution < -0.4 is 14.8 Å².